The van der Waals surface area contributed by atoms with Crippen LogP contribution in [0.15, 0.2) is 0 Å². The molecule has 0 radical (unpaired) electrons. The van der Waals surface area contributed by atoms with Gasteiger partial charge in [0.1, 0.15) is 0 Å². The van der Waals surface area contributed by atoms with E-state index in [-0.39, 0.29) is 0 Å². The lowest BCUT2D eigenvalue weighted by Crippen LogP contribution is -2.54. The van der Waals surface area contributed by atoms with Crippen molar-refractivity contribution in [2.75, 3.05) is 39.3 Å². The zero-order valence-electron chi connectivity index (χ0n) is 13.6. The molecule has 3 saturated heterocycles. The molecule has 0 aliphatic carbocycles. The maximum absolute atomic E-state index is 5.89. The highest BCUT2D eigenvalue weighted by Crippen LogP contribution is 2.30. The van der Waals surface area contributed by atoms with Crippen molar-refractivity contribution in [1.82, 2.24) is 9.80 Å². The molecule has 0 aromatic carbocycles. The summed E-state index contributed by atoms with van der Waals surface area (Å²) >= 11 is 0. The number of hydrogen-bond donors (Lipinski definition) is 0. The van der Waals surface area contributed by atoms with Gasteiger partial charge < -0.3 is 14.5 Å². The Hall–Kier alpha value is -0.120. The maximum atomic E-state index is 5.89. The molecule has 3 rings (SSSR count). The first-order chi connectivity index (χ1) is 9.50. The Balaban J connectivity index is 1.21. The van der Waals surface area contributed by atoms with E-state index in [1.54, 1.807) is 0 Å². The van der Waals surface area contributed by atoms with Crippen molar-refractivity contribution in [3.63, 3.8) is 0 Å². The van der Waals surface area contributed by atoms with Crippen molar-refractivity contribution >= 4 is 0 Å². The highest BCUT2D eigenvalue weighted by molar-refractivity contribution is 4.89. The molecule has 20 heavy (non-hydrogen) atoms. The summed E-state index contributed by atoms with van der Waals surface area (Å²) in [5, 5.41) is 0. The minimum atomic E-state index is 0.505. The molecule has 0 bridgehead atoms. The smallest absolute Gasteiger partial charge is 0.0591 e. The van der Waals surface area contributed by atoms with Crippen LogP contribution in [0.2, 0.25) is 0 Å². The highest BCUT2D eigenvalue weighted by Gasteiger charge is 2.35. The normalized spacial score (nSPS) is 35.0. The molecule has 3 fully saturated rings. The lowest BCUT2D eigenvalue weighted by molar-refractivity contribution is 0.00574. The first-order valence-electron chi connectivity index (χ1n) is 8.60. The van der Waals surface area contributed by atoms with Crippen LogP contribution in [0.5, 0.6) is 0 Å². The molecule has 0 amide bonds. The highest BCUT2D eigenvalue weighted by atomic mass is 16.5. The minimum Gasteiger partial charge on any atom is -0.375 e. The van der Waals surface area contributed by atoms with E-state index < -0.39 is 0 Å². The van der Waals surface area contributed by atoms with E-state index in [2.05, 4.69) is 30.6 Å². The van der Waals surface area contributed by atoms with Crippen LogP contribution in [0, 0.1) is 11.3 Å². The van der Waals surface area contributed by atoms with Crippen LogP contribution in [0.3, 0.4) is 0 Å². The van der Waals surface area contributed by atoms with Gasteiger partial charge in [-0.15, -0.1) is 0 Å². The van der Waals surface area contributed by atoms with E-state index in [0.29, 0.717) is 17.6 Å². The number of likely N-dealkylation sites (tertiary alicyclic amines) is 2. The zero-order valence-corrected chi connectivity index (χ0v) is 13.6. The topological polar surface area (TPSA) is 15.7 Å². The standard InChI is InChI=1S/C17H32N2O/c1-14-4-5-16(20-14)7-9-18-10-15(11-18)6-8-19-12-17(2,3)13-19/h14-16H,4-13H2,1-3H3. The van der Waals surface area contributed by atoms with Crippen molar-refractivity contribution in [3.05, 3.63) is 0 Å². The molecule has 0 spiro atoms. The summed E-state index contributed by atoms with van der Waals surface area (Å²) in [5.41, 5.74) is 0.587. The van der Waals surface area contributed by atoms with Gasteiger partial charge >= 0.3 is 0 Å². The monoisotopic (exact) mass is 280 g/mol. The largest absolute Gasteiger partial charge is 0.375 e. The summed E-state index contributed by atoms with van der Waals surface area (Å²) in [6.07, 6.45) is 6.25. The third-order valence-corrected chi connectivity index (χ3v) is 5.28. The summed E-state index contributed by atoms with van der Waals surface area (Å²) in [5.74, 6) is 0.960. The number of ether oxygens (including phenoxy) is 1. The quantitative estimate of drug-likeness (QED) is 0.744. The summed E-state index contributed by atoms with van der Waals surface area (Å²) in [6.45, 7) is 14.8. The number of hydrogen-bond acceptors (Lipinski definition) is 3. The number of nitrogens with zero attached hydrogens (tertiary/aromatic N) is 2. The molecule has 3 heterocycles. The average Bonchev–Trinajstić information content (AvgIpc) is 2.69. The van der Waals surface area contributed by atoms with Gasteiger partial charge in [0, 0.05) is 32.7 Å². The lowest BCUT2D eigenvalue weighted by atomic mass is 9.83. The average molecular weight is 280 g/mol. The Kier molecular flexibility index (Phi) is 4.40. The second-order valence-corrected chi connectivity index (χ2v) is 8.22. The van der Waals surface area contributed by atoms with Crippen LogP contribution >= 0.6 is 0 Å². The fourth-order valence-corrected chi connectivity index (χ4v) is 4.15. The van der Waals surface area contributed by atoms with Gasteiger partial charge in [0.2, 0.25) is 0 Å². The lowest BCUT2D eigenvalue weighted by Gasteiger charge is -2.47. The molecule has 3 heteroatoms. The Morgan fingerprint density at radius 1 is 1.00 bits per heavy atom. The summed E-state index contributed by atoms with van der Waals surface area (Å²) in [7, 11) is 0. The fraction of sp³-hybridized carbons (Fsp3) is 1.00. The molecule has 3 aliphatic heterocycles. The Morgan fingerprint density at radius 2 is 1.70 bits per heavy atom. The van der Waals surface area contributed by atoms with E-state index in [1.165, 1.54) is 65.0 Å². The molecule has 0 saturated carbocycles. The first-order valence-corrected chi connectivity index (χ1v) is 8.60. The van der Waals surface area contributed by atoms with Gasteiger partial charge in [0.15, 0.2) is 0 Å². The molecule has 0 aromatic rings. The Bertz CT molecular complexity index is 317. The van der Waals surface area contributed by atoms with E-state index >= 15 is 0 Å². The van der Waals surface area contributed by atoms with Crippen LogP contribution in [-0.4, -0.2) is 61.3 Å². The van der Waals surface area contributed by atoms with Crippen LogP contribution in [0.1, 0.15) is 46.5 Å². The number of rotatable bonds is 6. The second-order valence-electron chi connectivity index (χ2n) is 8.22. The summed E-state index contributed by atoms with van der Waals surface area (Å²) in [6, 6.07) is 0. The predicted molar refractivity (Wildman–Crippen MR) is 83.0 cm³/mol. The molecule has 2 unspecified atom stereocenters. The van der Waals surface area contributed by atoms with Crippen LogP contribution < -0.4 is 0 Å². The van der Waals surface area contributed by atoms with Crippen molar-refractivity contribution in [2.24, 2.45) is 11.3 Å². The van der Waals surface area contributed by atoms with Crippen molar-refractivity contribution in [3.8, 4) is 0 Å². The molecule has 0 N–H and O–H groups in total. The molecule has 116 valence electrons. The molecule has 0 aromatic heterocycles. The summed E-state index contributed by atoms with van der Waals surface area (Å²) in [4.78, 5) is 5.24. The molecule has 3 aliphatic rings. The predicted octanol–water partition coefficient (Wildman–Crippen LogP) is 2.61. The van der Waals surface area contributed by atoms with Gasteiger partial charge in [-0.1, -0.05) is 13.8 Å². The van der Waals surface area contributed by atoms with E-state index in [9.17, 15) is 0 Å². The third-order valence-electron chi connectivity index (χ3n) is 5.28. The zero-order chi connectivity index (χ0) is 14.2. The molecule has 3 nitrogen and oxygen atoms in total. The Labute approximate surface area is 124 Å². The molecule has 2 atom stereocenters. The van der Waals surface area contributed by atoms with Gasteiger partial charge in [-0.2, -0.15) is 0 Å². The van der Waals surface area contributed by atoms with Crippen LogP contribution in [-0.2, 0) is 4.74 Å². The van der Waals surface area contributed by atoms with Crippen molar-refractivity contribution < 1.29 is 4.74 Å². The van der Waals surface area contributed by atoms with E-state index in [1.807, 2.05) is 0 Å². The van der Waals surface area contributed by atoms with E-state index in [0.717, 1.165) is 5.92 Å². The van der Waals surface area contributed by atoms with Gasteiger partial charge in [-0.3, -0.25) is 0 Å². The minimum absolute atomic E-state index is 0.505. The van der Waals surface area contributed by atoms with Gasteiger partial charge in [0.25, 0.3) is 0 Å². The maximum Gasteiger partial charge on any atom is 0.0591 e. The van der Waals surface area contributed by atoms with Crippen LogP contribution in [0.4, 0.5) is 0 Å². The first kappa shape index (κ1) is 14.8. The van der Waals surface area contributed by atoms with Gasteiger partial charge in [-0.05, 0) is 50.5 Å². The Morgan fingerprint density at radius 3 is 2.30 bits per heavy atom. The second kappa shape index (κ2) is 5.94. The molecular weight excluding hydrogens is 248 g/mol. The van der Waals surface area contributed by atoms with Gasteiger partial charge in [0.05, 0.1) is 12.2 Å². The van der Waals surface area contributed by atoms with E-state index in [4.69, 9.17) is 4.74 Å². The van der Waals surface area contributed by atoms with Gasteiger partial charge in [-0.25, -0.2) is 0 Å². The van der Waals surface area contributed by atoms with Crippen molar-refractivity contribution in [1.29, 1.82) is 0 Å². The summed E-state index contributed by atoms with van der Waals surface area (Å²) < 4.78 is 5.89. The van der Waals surface area contributed by atoms with Crippen molar-refractivity contribution in [2.45, 2.75) is 58.7 Å². The SMILES string of the molecule is CC1CCC(CCN2CC(CCN3CC(C)(C)C3)C2)O1. The third kappa shape index (κ3) is 3.75. The fourth-order valence-electron chi connectivity index (χ4n) is 4.15. The molecular formula is C17H32N2O. The van der Waals surface area contributed by atoms with Crippen LogP contribution in [0.25, 0.3) is 0 Å².